The van der Waals surface area contributed by atoms with Crippen LogP contribution in [0.4, 0.5) is 10.5 Å². The van der Waals surface area contributed by atoms with Gasteiger partial charge in [-0.25, -0.2) is 4.79 Å². The molecule has 4 rings (SSSR count). The number of aryl methyl sites for hydroxylation is 1. The van der Waals surface area contributed by atoms with Crippen molar-refractivity contribution in [3.8, 4) is 0 Å². The third kappa shape index (κ3) is 3.83. The second kappa shape index (κ2) is 7.49. The zero-order valence-corrected chi connectivity index (χ0v) is 16.9. The molecule has 10 heteroatoms. The molecule has 1 aromatic heterocycles. The standard InChI is InChI=1S/C19H17ClN4O4S/c1-9-2-3-11(5-13(9)20)22-19(28)21-7-12-4-10-8-24(18(27)16(10)29-12)14-6-15(25)23-17(14)26/h2-5,14H,6-8H2,1H3,(H2,21,22,28)(H,23,25,26). The fourth-order valence-electron chi connectivity index (χ4n) is 3.31. The van der Waals surface area contributed by atoms with E-state index < -0.39 is 11.9 Å². The van der Waals surface area contributed by atoms with Crippen LogP contribution in [0, 0.1) is 6.92 Å². The number of nitrogens with one attached hydrogen (secondary N) is 3. The van der Waals surface area contributed by atoms with Gasteiger partial charge in [0.1, 0.15) is 6.04 Å². The second-order valence-corrected chi connectivity index (χ2v) is 8.45. The molecule has 2 aromatic rings. The third-order valence-corrected chi connectivity index (χ3v) is 6.40. The van der Waals surface area contributed by atoms with Gasteiger partial charge in [0, 0.05) is 22.1 Å². The highest BCUT2D eigenvalue weighted by Crippen LogP contribution is 2.33. The number of carbonyl (C=O) groups is 4. The first kappa shape index (κ1) is 19.4. The average molecular weight is 433 g/mol. The number of nitrogens with zero attached hydrogens (tertiary/aromatic N) is 1. The van der Waals surface area contributed by atoms with Crippen molar-refractivity contribution in [3.05, 3.63) is 50.2 Å². The van der Waals surface area contributed by atoms with Gasteiger partial charge in [-0.05, 0) is 36.2 Å². The number of urea groups is 1. The van der Waals surface area contributed by atoms with Gasteiger partial charge in [-0.2, -0.15) is 0 Å². The second-order valence-electron chi connectivity index (χ2n) is 6.90. The summed E-state index contributed by atoms with van der Waals surface area (Å²) in [7, 11) is 0. The van der Waals surface area contributed by atoms with E-state index in [1.807, 2.05) is 19.1 Å². The molecule has 0 radical (unpaired) electrons. The van der Waals surface area contributed by atoms with Crippen LogP contribution >= 0.6 is 22.9 Å². The number of imide groups is 1. The van der Waals surface area contributed by atoms with Gasteiger partial charge in [-0.3, -0.25) is 19.7 Å². The van der Waals surface area contributed by atoms with Gasteiger partial charge in [0.05, 0.1) is 17.8 Å². The van der Waals surface area contributed by atoms with Crippen LogP contribution in [0.2, 0.25) is 5.02 Å². The normalized spacial score (nSPS) is 18.1. The molecule has 150 valence electrons. The molecule has 1 atom stereocenters. The number of halogens is 1. The zero-order valence-electron chi connectivity index (χ0n) is 15.4. The molecule has 3 N–H and O–H groups in total. The molecule has 3 heterocycles. The van der Waals surface area contributed by atoms with Crippen molar-refractivity contribution in [3.63, 3.8) is 0 Å². The molecule has 2 aliphatic heterocycles. The summed E-state index contributed by atoms with van der Waals surface area (Å²) in [5.74, 6) is -1.06. The number of hydrogen-bond acceptors (Lipinski definition) is 5. The smallest absolute Gasteiger partial charge is 0.319 e. The molecule has 2 aliphatic rings. The van der Waals surface area contributed by atoms with Crippen LogP contribution < -0.4 is 16.0 Å². The Morgan fingerprint density at radius 2 is 2.10 bits per heavy atom. The van der Waals surface area contributed by atoms with E-state index in [1.54, 1.807) is 12.1 Å². The fourth-order valence-corrected chi connectivity index (χ4v) is 4.56. The SMILES string of the molecule is Cc1ccc(NC(=O)NCc2cc3c(s2)C(=O)N(C2CC(=O)NC2=O)C3)cc1Cl. The summed E-state index contributed by atoms with van der Waals surface area (Å²) in [6, 6.07) is 5.97. The van der Waals surface area contributed by atoms with Gasteiger partial charge < -0.3 is 15.5 Å². The van der Waals surface area contributed by atoms with Crippen molar-refractivity contribution in [1.82, 2.24) is 15.5 Å². The quantitative estimate of drug-likeness (QED) is 0.645. The van der Waals surface area contributed by atoms with Crippen LogP contribution in [0.15, 0.2) is 24.3 Å². The summed E-state index contributed by atoms with van der Waals surface area (Å²) >= 11 is 7.33. The van der Waals surface area contributed by atoms with E-state index in [2.05, 4.69) is 16.0 Å². The molecule has 5 amide bonds. The first-order valence-corrected chi connectivity index (χ1v) is 10.1. The molecule has 0 spiro atoms. The van der Waals surface area contributed by atoms with Crippen LogP contribution in [0.25, 0.3) is 0 Å². The van der Waals surface area contributed by atoms with Crippen LogP contribution in [-0.2, 0) is 22.7 Å². The Hall–Kier alpha value is -2.91. The predicted octanol–water partition coefficient (Wildman–Crippen LogP) is 2.40. The molecule has 29 heavy (non-hydrogen) atoms. The summed E-state index contributed by atoms with van der Waals surface area (Å²) in [6.07, 6.45) is -0.00285. The molecule has 1 unspecified atom stereocenters. The lowest BCUT2D eigenvalue weighted by atomic mass is 10.2. The van der Waals surface area contributed by atoms with Crippen LogP contribution in [-0.4, -0.2) is 34.7 Å². The Bertz CT molecular complexity index is 1050. The number of carbonyl (C=O) groups excluding carboxylic acids is 4. The average Bonchev–Trinajstić information content (AvgIpc) is 3.30. The van der Waals surface area contributed by atoms with Gasteiger partial charge >= 0.3 is 6.03 Å². The first-order valence-electron chi connectivity index (χ1n) is 8.89. The van der Waals surface area contributed by atoms with Gasteiger partial charge in [0.15, 0.2) is 0 Å². The van der Waals surface area contributed by atoms with Crippen molar-refractivity contribution >= 4 is 52.4 Å². The van der Waals surface area contributed by atoms with E-state index in [0.717, 1.165) is 16.0 Å². The number of hydrogen-bond donors (Lipinski definition) is 3. The molecule has 0 aliphatic carbocycles. The van der Waals surface area contributed by atoms with E-state index in [9.17, 15) is 19.2 Å². The van der Waals surface area contributed by atoms with Crippen molar-refractivity contribution in [2.24, 2.45) is 0 Å². The van der Waals surface area contributed by atoms with Crippen LogP contribution in [0.1, 0.15) is 32.1 Å². The highest BCUT2D eigenvalue weighted by molar-refractivity contribution is 7.14. The number of amides is 5. The zero-order chi connectivity index (χ0) is 20.7. The number of rotatable bonds is 4. The molecular formula is C19H17ClN4O4S. The van der Waals surface area contributed by atoms with E-state index >= 15 is 0 Å². The number of anilines is 1. The molecule has 0 saturated carbocycles. The lowest BCUT2D eigenvalue weighted by Gasteiger charge is -2.20. The summed E-state index contributed by atoms with van der Waals surface area (Å²) in [6.45, 7) is 2.42. The Kier molecular flexibility index (Phi) is 5.01. The molecular weight excluding hydrogens is 416 g/mol. The Morgan fingerprint density at radius 1 is 1.31 bits per heavy atom. The van der Waals surface area contributed by atoms with Crippen molar-refractivity contribution in [2.75, 3.05) is 5.32 Å². The monoisotopic (exact) mass is 432 g/mol. The number of thiophene rings is 1. The van der Waals surface area contributed by atoms with Gasteiger partial charge in [0.2, 0.25) is 11.8 Å². The Morgan fingerprint density at radius 3 is 2.76 bits per heavy atom. The highest BCUT2D eigenvalue weighted by Gasteiger charge is 2.42. The summed E-state index contributed by atoms with van der Waals surface area (Å²) < 4.78 is 0. The van der Waals surface area contributed by atoms with E-state index in [-0.39, 0.29) is 37.4 Å². The number of fused-ring (bicyclic) bond motifs is 1. The van der Waals surface area contributed by atoms with Crippen LogP contribution in [0.3, 0.4) is 0 Å². The maximum Gasteiger partial charge on any atom is 0.319 e. The van der Waals surface area contributed by atoms with Crippen molar-refractivity contribution < 1.29 is 19.2 Å². The largest absolute Gasteiger partial charge is 0.333 e. The summed E-state index contributed by atoms with van der Waals surface area (Å²) in [5, 5.41) is 8.25. The lowest BCUT2D eigenvalue weighted by Crippen LogP contribution is -2.40. The van der Waals surface area contributed by atoms with E-state index in [0.29, 0.717) is 15.6 Å². The van der Waals surface area contributed by atoms with Gasteiger partial charge in [0.25, 0.3) is 5.91 Å². The van der Waals surface area contributed by atoms with Crippen LogP contribution in [0.5, 0.6) is 0 Å². The predicted molar refractivity (Wildman–Crippen MR) is 108 cm³/mol. The van der Waals surface area contributed by atoms with Gasteiger partial charge in [-0.1, -0.05) is 17.7 Å². The molecule has 0 bridgehead atoms. The Labute approximate surface area is 175 Å². The Balaban J connectivity index is 1.35. The number of benzene rings is 1. The topological polar surface area (TPSA) is 108 Å². The highest BCUT2D eigenvalue weighted by atomic mass is 35.5. The first-order chi connectivity index (χ1) is 13.8. The molecule has 1 saturated heterocycles. The minimum absolute atomic E-state index is 0.00285. The lowest BCUT2D eigenvalue weighted by molar-refractivity contribution is -0.126. The fraction of sp³-hybridized carbons (Fsp3) is 0.263. The van der Waals surface area contributed by atoms with Crippen molar-refractivity contribution in [2.45, 2.75) is 32.5 Å². The minimum atomic E-state index is -0.747. The van der Waals surface area contributed by atoms with E-state index in [4.69, 9.17) is 11.6 Å². The van der Waals surface area contributed by atoms with Crippen molar-refractivity contribution in [1.29, 1.82) is 0 Å². The summed E-state index contributed by atoms with van der Waals surface area (Å²) in [4.78, 5) is 50.7. The maximum absolute atomic E-state index is 12.6. The minimum Gasteiger partial charge on any atom is -0.333 e. The maximum atomic E-state index is 12.6. The molecule has 1 fully saturated rings. The van der Waals surface area contributed by atoms with E-state index in [1.165, 1.54) is 16.2 Å². The van der Waals surface area contributed by atoms with Gasteiger partial charge in [-0.15, -0.1) is 11.3 Å². The summed E-state index contributed by atoms with van der Waals surface area (Å²) in [5.41, 5.74) is 2.31. The third-order valence-electron chi connectivity index (χ3n) is 4.83. The molecule has 8 nitrogen and oxygen atoms in total. The molecule has 1 aromatic carbocycles.